The molecule has 1 aromatic carbocycles. The van der Waals surface area contributed by atoms with E-state index >= 15 is 0 Å². The minimum atomic E-state index is -1.53. The van der Waals surface area contributed by atoms with Crippen LogP contribution in [0.25, 0.3) is 5.76 Å². The fraction of sp³-hybridized carbons (Fsp3) is 0.273. The average Bonchev–Trinajstić information content (AvgIpc) is 2.02. The number of rotatable bonds is 3. The molecule has 0 aliphatic carbocycles. The summed E-state index contributed by atoms with van der Waals surface area (Å²) in [7, 11) is -1.53. The SMILES string of the molecule is C=C(O[Si](C)(C)C)c1ccc(Br)cc1. The van der Waals surface area contributed by atoms with E-state index in [1.54, 1.807) is 0 Å². The average molecular weight is 271 g/mol. The van der Waals surface area contributed by atoms with Gasteiger partial charge in [0, 0.05) is 10.0 Å². The van der Waals surface area contributed by atoms with Crippen molar-refractivity contribution in [1.29, 1.82) is 0 Å². The van der Waals surface area contributed by atoms with E-state index in [2.05, 4.69) is 42.1 Å². The van der Waals surface area contributed by atoms with Crippen LogP contribution in [0.5, 0.6) is 0 Å². The second-order valence-electron chi connectivity index (χ2n) is 4.14. The second-order valence-corrected chi connectivity index (χ2v) is 9.49. The maximum absolute atomic E-state index is 5.79. The molecule has 3 heteroatoms. The predicted molar refractivity (Wildman–Crippen MR) is 67.6 cm³/mol. The van der Waals surface area contributed by atoms with Crippen molar-refractivity contribution >= 4 is 30.0 Å². The van der Waals surface area contributed by atoms with Gasteiger partial charge in [0.1, 0.15) is 5.76 Å². The van der Waals surface area contributed by atoms with E-state index in [0.717, 1.165) is 15.8 Å². The van der Waals surface area contributed by atoms with Gasteiger partial charge in [-0.2, -0.15) is 0 Å². The molecule has 0 aromatic heterocycles. The maximum atomic E-state index is 5.79. The minimum Gasteiger partial charge on any atom is -0.544 e. The summed E-state index contributed by atoms with van der Waals surface area (Å²) in [5, 5.41) is 0. The molecule has 0 heterocycles. The number of hydrogen-bond acceptors (Lipinski definition) is 1. The Bertz CT molecular complexity index is 324. The Labute approximate surface area is 95.1 Å². The fourth-order valence-electron chi connectivity index (χ4n) is 1.06. The van der Waals surface area contributed by atoms with Crippen LogP contribution in [0.3, 0.4) is 0 Å². The van der Waals surface area contributed by atoms with Gasteiger partial charge in [0.2, 0.25) is 8.32 Å². The monoisotopic (exact) mass is 270 g/mol. The van der Waals surface area contributed by atoms with E-state index in [1.807, 2.05) is 24.3 Å². The van der Waals surface area contributed by atoms with Gasteiger partial charge in [-0.1, -0.05) is 34.6 Å². The van der Waals surface area contributed by atoms with Crippen molar-refractivity contribution in [3.05, 3.63) is 40.9 Å². The van der Waals surface area contributed by atoms with Crippen molar-refractivity contribution < 1.29 is 4.43 Å². The highest BCUT2D eigenvalue weighted by Crippen LogP contribution is 2.20. The largest absolute Gasteiger partial charge is 0.544 e. The van der Waals surface area contributed by atoms with Crippen LogP contribution >= 0.6 is 15.9 Å². The van der Waals surface area contributed by atoms with Crippen molar-refractivity contribution in [3.8, 4) is 0 Å². The Kier molecular flexibility index (Phi) is 3.56. The zero-order valence-corrected chi connectivity index (χ0v) is 11.4. The van der Waals surface area contributed by atoms with Crippen molar-refractivity contribution in [2.24, 2.45) is 0 Å². The van der Waals surface area contributed by atoms with Gasteiger partial charge in [0.05, 0.1) is 0 Å². The van der Waals surface area contributed by atoms with Crippen molar-refractivity contribution in [3.63, 3.8) is 0 Å². The Morgan fingerprint density at radius 1 is 1.21 bits per heavy atom. The van der Waals surface area contributed by atoms with Crippen LogP contribution in [0.1, 0.15) is 5.56 Å². The van der Waals surface area contributed by atoms with Crippen LogP contribution in [0.4, 0.5) is 0 Å². The molecule has 1 aromatic rings. The molecule has 0 fully saturated rings. The highest BCUT2D eigenvalue weighted by Gasteiger charge is 2.17. The van der Waals surface area contributed by atoms with Gasteiger partial charge in [-0.25, -0.2) is 0 Å². The smallest absolute Gasteiger partial charge is 0.242 e. The van der Waals surface area contributed by atoms with Gasteiger partial charge in [0.25, 0.3) is 0 Å². The summed E-state index contributed by atoms with van der Waals surface area (Å²) in [5.41, 5.74) is 1.05. The van der Waals surface area contributed by atoms with E-state index in [1.165, 1.54) is 0 Å². The number of benzene rings is 1. The standard InChI is InChI=1S/C11H15BrOSi/c1-9(13-14(2,3)4)10-5-7-11(12)8-6-10/h5-8H,1H2,2-4H3. The van der Waals surface area contributed by atoms with Crippen LogP contribution in [0.15, 0.2) is 35.3 Å². The van der Waals surface area contributed by atoms with Crippen molar-refractivity contribution in [2.75, 3.05) is 0 Å². The minimum absolute atomic E-state index is 0.775. The summed E-state index contributed by atoms with van der Waals surface area (Å²) in [6.07, 6.45) is 0. The third kappa shape index (κ3) is 3.68. The molecular formula is C11H15BrOSi. The molecule has 0 saturated carbocycles. The van der Waals surface area contributed by atoms with Crippen LogP contribution < -0.4 is 0 Å². The van der Waals surface area contributed by atoms with E-state index in [9.17, 15) is 0 Å². The first kappa shape index (κ1) is 11.5. The van der Waals surface area contributed by atoms with Crippen LogP contribution in [-0.4, -0.2) is 8.32 Å². The Morgan fingerprint density at radius 2 is 1.71 bits per heavy atom. The Hall–Kier alpha value is -0.543. The van der Waals surface area contributed by atoms with Gasteiger partial charge in [-0.3, -0.25) is 0 Å². The second kappa shape index (κ2) is 4.32. The first-order valence-corrected chi connectivity index (χ1v) is 8.72. The molecule has 0 atom stereocenters. The first-order chi connectivity index (χ1) is 6.38. The van der Waals surface area contributed by atoms with Crippen LogP contribution in [0.2, 0.25) is 19.6 Å². The van der Waals surface area contributed by atoms with E-state index in [4.69, 9.17) is 4.43 Å². The van der Waals surface area contributed by atoms with E-state index in [0.29, 0.717) is 0 Å². The molecule has 0 saturated heterocycles. The highest BCUT2D eigenvalue weighted by atomic mass is 79.9. The molecule has 0 aliphatic rings. The third-order valence-corrected chi connectivity index (χ3v) is 2.98. The van der Waals surface area contributed by atoms with Gasteiger partial charge >= 0.3 is 0 Å². The topological polar surface area (TPSA) is 9.23 Å². The van der Waals surface area contributed by atoms with Crippen LogP contribution in [-0.2, 0) is 4.43 Å². The molecule has 0 aliphatic heterocycles. The van der Waals surface area contributed by atoms with Gasteiger partial charge < -0.3 is 4.43 Å². The lowest BCUT2D eigenvalue weighted by molar-refractivity contribution is 0.516. The zero-order chi connectivity index (χ0) is 10.8. The quantitative estimate of drug-likeness (QED) is 0.589. The number of halogens is 1. The summed E-state index contributed by atoms with van der Waals surface area (Å²) >= 11 is 3.39. The number of hydrogen-bond donors (Lipinski definition) is 0. The van der Waals surface area contributed by atoms with Crippen molar-refractivity contribution in [2.45, 2.75) is 19.6 Å². The molecular weight excluding hydrogens is 256 g/mol. The summed E-state index contributed by atoms with van der Waals surface area (Å²) in [6, 6.07) is 8.00. The van der Waals surface area contributed by atoms with Crippen LogP contribution in [0, 0.1) is 0 Å². The summed E-state index contributed by atoms with van der Waals surface area (Å²) in [5.74, 6) is 0.775. The predicted octanol–water partition coefficient (Wildman–Crippen LogP) is 4.27. The lowest BCUT2D eigenvalue weighted by Crippen LogP contribution is -2.24. The summed E-state index contributed by atoms with van der Waals surface area (Å²) in [4.78, 5) is 0. The molecule has 1 nitrogen and oxygen atoms in total. The van der Waals surface area contributed by atoms with E-state index < -0.39 is 8.32 Å². The molecule has 76 valence electrons. The first-order valence-electron chi connectivity index (χ1n) is 4.52. The Morgan fingerprint density at radius 3 is 2.14 bits per heavy atom. The molecule has 1 rings (SSSR count). The molecule has 0 unspecified atom stereocenters. The van der Waals surface area contributed by atoms with Gasteiger partial charge in [-0.05, 0) is 31.8 Å². The summed E-state index contributed by atoms with van der Waals surface area (Å²) in [6.45, 7) is 10.4. The zero-order valence-electron chi connectivity index (χ0n) is 8.80. The molecule has 0 bridgehead atoms. The van der Waals surface area contributed by atoms with Gasteiger partial charge in [0.15, 0.2) is 0 Å². The molecule has 0 spiro atoms. The summed E-state index contributed by atoms with van der Waals surface area (Å²) < 4.78 is 6.86. The molecule has 14 heavy (non-hydrogen) atoms. The molecule has 0 N–H and O–H groups in total. The maximum Gasteiger partial charge on any atom is 0.242 e. The lowest BCUT2D eigenvalue weighted by atomic mass is 10.2. The van der Waals surface area contributed by atoms with Gasteiger partial charge in [-0.15, -0.1) is 0 Å². The van der Waals surface area contributed by atoms with E-state index in [-0.39, 0.29) is 0 Å². The molecule has 0 amide bonds. The Balaban J connectivity index is 2.76. The highest BCUT2D eigenvalue weighted by molar-refractivity contribution is 9.10. The normalized spacial score (nSPS) is 11.1. The lowest BCUT2D eigenvalue weighted by Gasteiger charge is -2.21. The third-order valence-electron chi connectivity index (χ3n) is 1.60. The fourth-order valence-corrected chi connectivity index (χ4v) is 2.19. The molecule has 0 radical (unpaired) electrons. The van der Waals surface area contributed by atoms with Crippen molar-refractivity contribution in [1.82, 2.24) is 0 Å².